The van der Waals surface area contributed by atoms with E-state index in [0.717, 1.165) is 26.6 Å². The van der Waals surface area contributed by atoms with Crippen molar-refractivity contribution in [3.05, 3.63) is 64.0 Å². The van der Waals surface area contributed by atoms with Gasteiger partial charge in [0.2, 0.25) is 0 Å². The number of fused-ring (bicyclic) bond motifs is 1. The van der Waals surface area contributed by atoms with Gasteiger partial charge < -0.3 is 9.67 Å². The fourth-order valence-electron chi connectivity index (χ4n) is 2.70. The van der Waals surface area contributed by atoms with Gasteiger partial charge in [-0.2, -0.15) is 0 Å². The van der Waals surface area contributed by atoms with E-state index in [1.54, 1.807) is 44.3 Å². The smallest absolute Gasteiger partial charge is 0.168 e. The number of aryl methyl sites for hydroxylation is 1. The van der Waals surface area contributed by atoms with Gasteiger partial charge in [0.1, 0.15) is 0 Å². The minimum atomic E-state index is -0.909. The highest BCUT2D eigenvalue weighted by atomic mass is 79.9. The number of hydrogen-bond donors (Lipinski definition) is 1. The maximum Gasteiger partial charge on any atom is 0.168 e. The van der Waals surface area contributed by atoms with Crippen LogP contribution >= 0.6 is 15.9 Å². The Hall–Kier alpha value is -1.98. The standard InChI is InChI=1S/C19H19BrN2O2/c1-19(2,24)13-6-4-12(5-7-13)18(23)9-14-8-17-15(10-21-14)16(20)11-22(17)3/h4-8,10-11,24H,9H2,1-3H3. The molecule has 0 spiro atoms. The van der Waals surface area contributed by atoms with Gasteiger partial charge in [0.15, 0.2) is 5.78 Å². The molecule has 0 fully saturated rings. The van der Waals surface area contributed by atoms with Crippen LogP contribution < -0.4 is 0 Å². The Balaban J connectivity index is 1.83. The van der Waals surface area contributed by atoms with Crippen LogP contribution in [0.5, 0.6) is 0 Å². The molecule has 124 valence electrons. The molecule has 0 saturated heterocycles. The van der Waals surface area contributed by atoms with Crippen molar-refractivity contribution < 1.29 is 9.90 Å². The average Bonchev–Trinajstić information content (AvgIpc) is 2.81. The predicted molar refractivity (Wildman–Crippen MR) is 98.1 cm³/mol. The van der Waals surface area contributed by atoms with Crippen molar-refractivity contribution in [1.29, 1.82) is 0 Å². The van der Waals surface area contributed by atoms with Crippen molar-refractivity contribution in [2.24, 2.45) is 7.05 Å². The van der Waals surface area contributed by atoms with Crippen molar-refractivity contribution in [3.8, 4) is 0 Å². The van der Waals surface area contributed by atoms with Crippen LogP contribution in [0, 0.1) is 0 Å². The van der Waals surface area contributed by atoms with Gasteiger partial charge in [-0.15, -0.1) is 0 Å². The molecule has 24 heavy (non-hydrogen) atoms. The number of nitrogens with zero attached hydrogens (tertiary/aromatic N) is 2. The fourth-order valence-corrected chi connectivity index (χ4v) is 3.31. The van der Waals surface area contributed by atoms with Crippen LogP contribution in [-0.4, -0.2) is 20.4 Å². The summed E-state index contributed by atoms with van der Waals surface area (Å²) in [6.45, 7) is 3.45. The molecule has 0 amide bonds. The lowest BCUT2D eigenvalue weighted by Crippen LogP contribution is -2.15. The second-order valence-electron chi connectivity index (χ2n) is 6.52. The number of hydrogen-bond acceptors (Lipinski definition) is 3. The quantitative estimate of drug-likeness (QED) is 0.689. The number of halogens is 1. The maximum atomic E-state index is 12.5. The summed E-state index contributed by atoms with van der Waals surface area (Å²) in [7, 11) is 1.97. The van der Waals surface area contributed by atoms with Crippen LogP contribution in [0.15, 0.2) is 47.2 Å². The summed E-state index contributed by atoms with van der Waals surface area (Å²) >= 11 is 3.50. The number of pyridine rings is 1. The Morgan fingerprint density at radius 1 is 1.29 bits per heavy atom. The minimum absolute atomic E-state index is 0.0115. The van der Waals surface area contributed by atoms with Crippen LogP contribution in [0.1, 0.15) is 35.5 Å². The molecule has 4 nitrogen and oxygen atoms in total. The van der Waals surface area contributed by atoms with Crippen molar-refractivity contribution in [3.63, 3.8) is 0 Å². The Kier molecular flexibility index (Phi) is 4.32. The van der Waals surface area contributed by atoms with E-state index >= 15 is 0 Å². The molecule has 3 aromatic rings. The number of carbonyl (C=O) groups excluding carboxylic acids is 1. The Labute approximate surface area is 149 Å². The van der Waals surface area contributed by atoms with Crippen molar-refractivity contribution in [2.75, 3.05) is 0 Å². The molecule has 1 N–H and O–H groups in total. The largest absolute Gasteiger partial charge is 0.386 e. The molecule has 2 heterocycles. The average molecular weight is 387 g/mol. The molecule has 3 rings (SSSR count). The van der Waals surface area contributed by atoms with E-state index < -0.39 is 5.60 Å². The number of carbonyl (C=O) groups is 1. The van der Waals surface area contributed by atoms with Crippen LogP contribution in [0.3, 0.4) is 0 Å². The highest BCUT2D eigenvalue weighted by molar-refractivity contribution is 9.10. The number of Topliss-reactive ketones (excluding diaryl/α,β-unsaturated/α-hetero) is 1. The Morgan fingerprint density at radius 3 is 2.58 bits per heavy atom. The molecule has 0 radical (unpaired) electrons. The lowest BCUT2D eigenvalue weighted by Gasteiger charge is -2.17. The fraction of sp³-hybridized carbons (Fsp3) is 0.263. The molecule has 1 aromatic carbocycles. The lowest BCUT2D eigenvalue weighted by atomic mass is 9.96. The van der Waals surface area contributed by atoms with Gasteiger partial charge in [-0.05, 0) is 41.4 Å². The van der Waals surface area contributed by atoms with Gasteiger partial charge in [-0.1, -0.05) is 24.3 Å². The molecule has 0 aliphatic heterocycles. The zero-order chi connectivity index (χ0) is 17.5. The van der Waals surface area contributed by atoms with Crippen molar-refractivity contribution >= 4 is 32.6 Å². The van der Waals surface area contributed by atoms with E-state index in [1.807, 2.05) is 23.9 Å². The maximum absolute atomic E-state index is 12.5. The number of rotatable bonds is 4. The molecule has 0 unspecified atom stereocenters. The number of aromatic nitrogens is 2. The highest BCUT2D eigenvalue weighted by Gasteiger charge is 2.17. The van der Waals surface area contributed by atoms with Gasteiger partial charge in [0.05, 0.1) is 23.2 Å². The zero-order valence-corrected chi connectivity index (χ0v) is 15.5. The van der Waals surface area contributed by atoms with E-state index in [-0.39, 0.29) is 12.2 Å². The van der Waals surface area contributed by atoms with Crippen LogP contribution in [0.25, 0.3) is 10.9 Å². The first kappa shape index (κ1) is 16.9. The first-order valence-electron chi connectivity index (χ1n) is 7.71. The lowest BCUT2D eigenvalue weighted by molar-refractivity contribution is 0.0784. The summed E-state index contributed by atoms with van der Waals surface area (Å²) in [4.78, 5) is 16.9. The second kappa shape index (κ2) is 6.15. The summed E-state index contributed by atoms with van der Waals surface area (Å²) in [5, 5.41) is 11.0. The molecule has 0 aliphatic rings. The summed E-state index contributed by atoms with van der Waals surface area (Å²) in [5.74, 6) is 0.0115. The Bertz CT molecular complexity index is 906. The first-order chi connectivity index (χ1) is 11.3. The molecule has 5 heteroatoms. The molecular formula is C19H19BrN2O2. The summed E-state index contributed by atoms with van der Waals surface area (Å²) in [6.07, 6.45) is 4.02. The van der Waals surface area contributed by atoms with E-state index in [1.165, 1.54) is 0 Å². The van der Waals surface area contributed by atoms with E-state index in [2.05, 4.69) is 20.9 Å². The molecule has 2 aromatic heterocycles. The van der Waals surface area contributed by atoms with Crippen LogP contribution in [0.2, 0.25) is 0 Å². The third-order valence-electron chi connectivity index (χ3n) is 4.14. The zero-order valence-electron chi connectivity index (χ0n) is 13.9. The predicted octanol–water partition coefficient (Wildman–Crippen LogP) is 3.99. The summed E-state index contributed by atoms with van der Waals surface area (Å²) in [6, 6.07) is 9.04. The molecule has 0 saturated carbocycles. The van der Waals surface area contributed by atoms with E-state index in [9.17, 15) is 9.90 Å². The summed E-state index contributed by atoms with van der Waals surface area (Å²) < 4.78 is 3.00. The summed E-state index contributed by atoms with van der Waals surface area (Å²) in [5.41, 5.74) is 2.28. The number of ketones is 1. The van der Waals surface area contributed by atoms with E-state index in [4.69, 9.17) is 0 Å². The highest BCUT2D eigenvalue weighted by Crippen LogP contribution is 2.25. The van der Waals surface area contributed by atoms with Gasteiger partial charge in [-0.25, -0.2) is 0 Å². The van der Waals surface area contributed by atoms with Crippen LogP contribution in [0.4, 0.5) is 0 Å². The minimum Gasteiger partial charge on any atom is -0.386 e. The van der Waals surface area contributed by atoms with Gasteiger partial charge >= 0.3 is 0 Å². The third-order valence-corrected chi connectivity index (χ3v) is 4.77. The topological polar surface area (TPSA) is 55.1 Å². The third kappa shape index (κ3) is 3.28. The second-order valence-corrected chi connectivity index (χ2v) is 7.37. The van der Waals surface area contributed by atoms with Gasteiger partial charge in [-0.3, -0.25) is 9.78 Å². The first-order valence-corrected chi connectivity index (χ1v) is 8.50. The Morgan fingerprint density at radius 2 is 1.96 bits per heavy atom. The molecule has 0 aliphatic carbocycles. The number of aliphatic hydroxyl groups is 1. The monoisotopic (exact) mass is 386 g/mol. The van der Waals surface area contributed by atoms with Crippen molar-refractivity contribution in [2.45, 2.75) is 25.9 Å². The molecule has 0 bridgehead atoms. The van der Waals surface area contributed by atoms with E-state index in [0.29, 0.717) is 5.56 Å². The number of benzene rings is 1. The molecule has 0 atom stereocenters. The normalized spacial score (nSPS) is 11.9. The van der Waals surface area contributed by atoms with Crippen LogP contribution in [-0.2, 0) is 19.1 Å². The molecular weight excluding hydrogens is 368 g/mol. The van der Waals surface area contributed by atoms with Gasteiger partial charge in [0.25, 0.3) is 0 Å². The SMILES string of the molecule is Cn1cc(Br)c2cnc(CC(=O)c3ccc(C(C)(C)O)cc3)cc21. The van der Waals surface area contributed by atoms with Gasteiger partial charge in [0, 0.05) is 34.9 Å². The van der Waals surface area contributed by atoms with Crippen molar-refractivity contribution in [1.82, 2.24) is 9.55 Å².